The van der Waals surface area contributed by atoms with Crippen molar-refractivity contribution in [2.45, 2.75) is 85.1 Å². The number of amides is 3. The van der Waals surface area contributed by atoms with E-state index >= 15 is 0 Å². The molecule has 0 bridgehead atoms. The van der Waals surface area contributed by atoms with Crippen molar-refractivity contribution in [2.24, 2.45) is 11.8 Å². The lowest BCUT2D eigenvalue weighted by Gasteiger charge is -2.26. The molecule has 4 N–H and O–H groups in total. The summed E-state index contributed by atoms with van der Waals surface area (Å²) in [5, 5.41) is 16.6. The van der Waals surface area contributed by atoms with Crippen LogP contribution in [0.2, 0.25) is 0 Å². The van der Waals surface area contributed by atoms with Crippen molar-refractivity contribution in [3.05, 3.63) is 28.6 Å². The number of carbonyl (C=O) groups excluding carboxylic acids is 5. The van der Waals surface area contributed by atoms with Crippen LogP contribution in [0.5, 0.6) is 0 Å². The molecule has 3 amide bonds. The van der Waals surface area contributed by atoms with E-state index in [1.165, 1.54) is 12.8 Å². The quantitative estimate of drug-likeness (QED) is 0.210. The van der Waals surface area contributed by atoms with Crippen LogP contribution in [0.1, 0.15) is 85.6 Å². The molecule has 1 aromatic rings. The fourth-order valence-electron chi connectivity index (χ4n) is 4.33. The normalized spacial score (nSPS) is 17.0. The van der Waals surface area contributed by atoms with Gasteiger partial charge in [0.1, 0.15) is 0 Å². The van der Waals surface area contributed by atoms with Crippen LogP contribution >= 0.6 is 0 Å². The van der Waals surface area contributed by atoms with Crippen molar-refractivity contribution in [3.8, 4) is 0 Å². The predicted octanol–water partition coefficient (Wildman–Crippen LogP) is 1.83. The number of ether oxygens (including phenoxy) is 1. The van der Waals surface area contributed by atoms with Crippen LogP contribution in [-0.2, 0) is 23.9 Å². The van der Waals surface area contributed by atoms with Gasteiger partial charge in [0.25, 0.3) is 0 Å². The number of carbonyl (C=O) groups is 5. The number of nitrogens with one attached hydrogen (secondary N) is 3. The molecule has 2 atom stereocenters. The van der Waals surface area contributed by atoms with Gasteiger partial charge < -0.3 is 25.8 Å². The lowest BCUT2D eigenvalue weighted by molar-refractivity contribution is -0.132. The van der Waals surface area contributed by atoms with E-state index in [2.05, 4.69) is 27.9 Å². The van der Waals surface area contributed by atoms with Gasteiger partial charge in [-0.05, 0) is 70.4 Å². The maximum atomic E-state index is 13.0. The Balaban J connectivity index is 0.00000128. The molecule has 1 aliphatic carbocycles. The molecule has 2 fully saturated rings. The summed E-state index contributed by atoms with van der Waals surface area (Å²) >= 11 is 0. The number of nitrogens with zero attached hydrogens (tertiary/aromatic N) is 1. The van der Waals surface area contributed by atoms with Gasteiger partial charge in [-0.3, -0.25) is 24.2 Å². The largest absolute Gasteiger partial charge is 0.454 e. The highest BCUT2D eigenvalue weighted by atomic mass is 16.5. The maximum Gasteiger partial charge on any atom is 0.340 e. The number of hydrogen-bond donors (Lipinski definition) is 4. The number of esters is 1. The number of aliphatic hydroxyl groups excluding tert-OH is 1. The zero-order chi connectivity index (χ0) is 29.7. The maximum absolute atomic E-state index is 13.0. The summed E-state index contributed by atoms with van der Waals surface area (Å²) in [6.07, 6.45) is 5.49. The number of pyridine rings is 1. The number of aliphatic hydroxyl groups is 1. The first kappa shape index (κ1) is 32.9. The summed E-state index contributed by atoms with van der Waals surface area (Å²) in [6.45, 7) is 7.14. The van der Waals surface area contributed by atoms with Gasteiger partial charge in [-0.15, -0.1) is 0 Å². The van der Waals surface area contributed by atoms with Gasteiger partial charge in [0.2, 0.25) is 17.7 Å². The summed E-state index contributed by atoms with van der Waals surface area (Å²) in [7, 11) is 0. The highest BCUT2D eigenvalue weighted by Gasteiger charge is 2.31. The molecule has 222 valence electrons. The lowest BCUT2D eigenvalue weighted by Crippen LogP contribution is -2.49. The molecule has 2 heterocycles. The third-order valence-corrected chi connectivity index (χ3v) is 6.84. The predicted molar refractivity (Wildman–Crippen MR) is 148 cm³/mol. The molecular formula is C29H44N4O7. The van der Waals surface area contributed by atoms with E-state index in [0.717, 1.165) is 18.0 Å². The Bertz CT molecular complexity index is 1030. The van der Waals surface area contributed by atoms with Crippen molar-refractivity contribution in [2.75, 3.05) is 26.3 Å². The Kier molecular flexibility index (Phi) is 13.7. The van der Waals surface area contributed by atoms with E-state index in [4.69, 9.17) is 9.84 Å². The van der Waals surface area contributed by atoms with Gasteiger partial charge in [0.05, 0.1) is 23.8 Å². The van der Waals surface area contributed by atoms with Crippen LogP contribution in [-0.4, -0.2) is 71.9 Å². The molecule has 3 rings (SSSR count). The fourth-order valence-corrected chi connectivity index (χ4v) is 4.33. The standard InChI is InChI=1S/C25H36N4O7.C4H8/c1-15-11-16(2)28-17(3)23(15)25(35)36-14-20(31)19(12-18-7-6-9-26-24(18)34)29-22(33)13-27-21(32)8-4-5-10-30;1-4-2-3-4/h11,18-19,30H,4-10,12-14H2,1-3H3,(H,26,34)(H,27,32)(H,29,33);4H,2-3H2,1H3/t18-,19-;/m0./s1. The van der Waals surface area contributed by atoms with Gasteiger partial charge in [-0.25, -0.2) is 4.79 Å². The molecule has 1 saturated carbocycles. The van der Waals surface area contributed by atoms with E-state index in [1.807, 2.05) is 6.92 Å². The molecule has 0 spiro atoms. The summed E-state index contributed by atoms with van der Waals surface area (Å²) in [5.41, 5.74) is 2.20. The summed E-state index contributed by atoms with van der Waals surface area (Å²) in [5.74, 6) is -1.77. The second-order valence-corrected chi connectivity index (χ2v) is 10.7. The Morgan fingerprint density at radius 1 is 1.12 bits per heavy atom. The zero-order valence-corrected chi connectivity index (χ0v) is 24.1. The SMILES string of the molecule is CC1CC1.Cc1cc(C)c(C(=O)OCC(=O)[C@H](C[C@@H]2CCCNC2=O)NC(=O)CNC(=O)CCCCO)c(C)n1. The minimum atomic E-state index is -1.07. The van der Waals surface area contributed by atoms with Crippen LogP contribution in [0.4, 0.5) is 0 Å². The van der Waals surface area contributed by atoms with Crippen molar-refractivity contribution in [1.29, 1.82) is 0 Å². The van der Waals surface area contributed by atoms with Crippen molar-refractivity contribution in [3.63, 3.8) is 0 Å². The second kappa shape index (κ2) is 16.7. The van der Waals surface area contributed by atoms with Crippen molar-refractivity contribution in [1.82, 2.24) is 20.9 Å². The number of aromatic nitrogens is 1. The van der Waals surface area contributed by atoms with Crippen LogP contribution < -0.4 is 16.0 Å². The Hall–Kier alpha value is -3.34. The highest BCUT2D eigenvalue weighted by molar-refractivity contribution is 5.96. The molecule has 0 radical (unpaired) electrons. The number of piperidine rings is 1. The average Bonchev–Trinajstić information content (AvgIpc) is 3.68. The molecule has 0 aromatic carbocycles. The van der Waals surface area contributed by atoms with E-state index in [9.17, 15) is 24.0 Å². The summed E-state index contributed by atoms with van der Waals surface area (Å²) < 4.78 is 5.25. The van der Waals surface area contributed by atoms with Crippen LogP contribution in [0.25, 0.3) is 0 Å². The Morgan fingerprint density at radius 2 is 1.82 bits per heavy atom. The number of aryl methyl sites for hydroxylation is 3. The first-order chi connectivity index (χ1) is 19.0. The number of Topliss-reactive ketones (excluding diaryl/α,β-unsaturated/α-hetero) is 1. The van der Waals surface area contributed by atoms with Crippen LogP contribution in [0, 0.1) is 32.6 Å². The summed E-state index contributed by atoms with van der Waals surface area (Å²) in [4.78, 5) is 66.4. The van der Waals surface area contributed by atoms with Gasteiger partial charge in [0, 0.05) is 31.2 Å². The van der Waals surface area contributed by atoms with Gasteiger partial charge in [-0.1, -0.05) is 19.8 Å². The van der Waals surface area contributed by atoms with Gasteiger partial charge >= 0.3 is 5.97 Å². The minimum Gasteiger partial charge on any atom is -0.454 e. The van der Waals surface area contributed by atoms with Gasteiger partial charge in [0.15, 0.2) is 12.4 Å². The average molecular weight is 561 g/mol. The van der Waals surface area contributed by atoms with Crippen LogP contribution in [0.15, 0.2) is 6.07 Å². The molecule has 2 aliphatic rings. The lowest BCUT2D eigenvalue weighted by atomic mass is 9.90. The minimum absolute atomic E-state index is 0.0174. The molecule has 40 heavy (non-hydrogen) atoms. The molecule has 11 nitrogen and oxygen atoms in total. The first-order valence-electron chi connectivity index (χ1n) is 14.1. The first-order valence-corrected chi connectivity index (χ1v) is 14.1. The number of ketones is 1. The Morgan fingerprint density at radius 3 is 2.42 bits per heavy atom. The third-order valence-electron chi connectivity index (χ3n) is 6.84. The second-order valence-electron chi connectivity index (χ2n) is 10.7. The van der Waals surface area contributed by atoms with E-state index in [1.54, 1.807) is 19.9 Å². The molecular weight excluding hydrogens is 516 g/mol. The molecule has 1 aliphatic heterocycles. The number of hydrogen-bond acceptors (Lipinski definition) is 8. The number of rotatable bonds is 13. The molecule has 1 saturated heterocycles. The Labute approximate surface area is 236 Å². The van der Waals surface area contributed by atoms with Crippen LogP contribution in [0.3, 0.4) is 0 Å². The monoisotopic (exact) mass is 560 g/mol. The topological polar surface area (TPSA) is 164 Å². The van der Waals surface area contributed by atoms with E-state index < -0.39 is 36.2 Å². The van der Waals surface area contributed by atoms with Gasteiger partial charge in [-0.2, -0.15) is 0 Å². The smallest absolute Gasteiger partial charge is 0.340 e. The van der Waals surface area contributed by atoms with E-state index in [0.29, 0.717) is 37.1 Å². The number of unbranched alkanes of at least 4 members (excludes halogenated alkanes) is 1. The van der Waals surface area contributed by atoms with E-state index in [-0.39, 0.29) is 43.4 Å². The van der Waals surface area contributed by atoms with Crippen molar-refractivity contribution < 1.29 is 33.8 Å². The highest BCUT2D eigenvalue weighted by Crippen LogP contribution is 2.26. The van der Waals surface area contributed by atoms with Crippen molar-refractivity contribution >= 4 is 29.5 Å². The zero-order valence-electron chi connectivity index (χ0n) is 24.1. The summed E-state index contributed by atoms with van der Waals surface area (Å²) in [6, 6.07) is 0.678. The third kappa shape index (κ3) is 11.8. The molecule has 0 unspecified atom stereocenters. The molecule has 1 aromatic heterocycles. The molecule has 11 heteroatoms. The fraction of sp³-hybridized carbons (Fsp3) is 0.655.